The molecule has 0 saturated heterocycles. The summed E-state index contributed by atoms with van der Waals surface area (Å²) in [5.41, 5.74) is 0.0696. The highest BCUT2D eigenvalue weighted by Crippen LogP contribution is 2.23. The van der Waals surface area contributed by atoms with Crippen LogP contribution in [-0.2, 0) is 4.79 Å². The molecule has 0 aliphatic heterocycles. The topological polar surface area (TPSA) is 66.4 Å². The Balaban J connectivity index is 1.75. The van der Waals surface area contributed by atoms with Crippen LogP contribution in [0.3, 0.4) is 0 Å². The standard InChI is InChI=1S/C17H21F2NO3/c18-14-6-3-12(9-15(14)19)16(22)7-8-17(23)20-13-4-1-11(10-21)2-5-13/h3,6,9,11,13,21H,1-2,4-5,7-8,10H2,(H,20,23). The number of carbonyl (C=O) groups is 2. The van der Waals surface area contributed by atoms with E-state index >= 15 is 0 Å². The Hall–Kier alpha value is -1.82. The zero-order valence-electron chi connectivity index (χ0n) is 12.9. The first-order valence-corrected chi connectivity index (χ1v) is 7.88. The van der Waals surface area contributed by atoms with Crippen molar-refractivity contribution in [1.82, 2.24) is 5.32 Å². The summed E-state index contributed by atoms with van der Waals surface area (Å²) in [6, 6.07) is 3.06. The van der Waals surface area contributed by atoms with Crippen LogP contribution in [0.4, 0.5) is 8.78 Å². The van der Waals surface area contributed by atoms with Crippen LogP contribution in [-0.4, -0.2) is 29.4 Å². The molecular formula is C17H21F2NO3. The summed E-state index contributed by atoms with van der Waals surface area (Å²) in [6.45, 7) is 0.184. The van der Waals surface area contributed by atoms with Crippen molar-refractivity contribution in [3.8, 4) is 0 Å². The maximum atomic E-state index is 13.1. The number of hydrogen-bond donors (Lipinski definition) is 2. The first-order valence-electron chi connectivity index (χ1n) is 7.88. The van der Waals surface area contributed by atoms with Gasteiger partial charge in [0.05, 0.1) is 0 Å². The average molecular weight is 325 g/mol. The van der Waals surface area contributed by atoms with Gasteiger partial charge in [-0.3, -0.25) is 9.59 Å². The number of nitrogens with one attached hydrogen (secondary N) is 1. The molecule has 0 bridgehead atoms. The minimum atomic E-state index is -1.07. The maximum Gasteiger partial charge on any atom is 0.220 e. The number of ketones is 1. The number of Topliss-reactive ketones (excluding diaryl/α,β-unsaturated/α-hetero) is 1. The molecule has 0 unspecified atom stereocenters. The van der Waals surface area contributed by atoms with Gasteiger partial charge in [0.1, 0.15) is 0 Å². The zero-order valence-corrected chi connectivity index (χ0v) is 12.9. The van der Waals surface area contributed by atoms with E-state index in [0.717, 1.165) is 37.8 Å². The van der Waals surface area contributed by atoms with Crippen LogP contribution in [0, 0.1) is 17.6 Å². The SMILES string of the molecule is O=C(CCC(=O)c1ccc(F)c(F)c1)NC1CCC(CO)CC1. The van der Waals surface area contributed by atoms with Crippen molar-refractivity contribution in [3.63, 3.8) is 0 Å². The van der Waals surface area contributed by atoms with Gasteiger partial charge in [0.25, 0.3) is 0 Å². The molecule has 1 fully saturated rings. The van der Waals surface area contributed by atoms with Gasteiger partial charge in [0.15, 0.2) is 17.4 Å². The second kappa shape index (κ2) is 8.15. The average Bonchev–Trinajstić information content (AvgIpc) is 2.56. The Morgan fingerprint density at radius 1 is 1.09 bits per heavy atom. The molecule has 1 aliphatic carbocycles. The third-order valence-electron chi connectivity index (χ3n) is 4.29. The molecule has 126 valence electrons. The molecule has 6 heteroatoms. The molecule has 2 rings (SSSR count). The first kappa shape index (κ1) is 17.5. The van der Waals surface area contributed by atoms with E-state index in [0.29, 0.717) is 5.92 Å². The lowest BCUT2D eigenvalue weighted by atomic mass is 9.86. The lowest BCUT2D eigenvalue weighted by Crippen LogP contribution is -2.38. The van der Waals surface area contributed by atoms with E-state index in [1.165, 1.54) is 6.07 Å². The highest BCUT2D eigenvalue weighted by Gasteiger charge is 2.22. The van der Waals surface area contributed by atoms with Crippen LogP contribution in [0.5, 0.6) is 0 Å². The fraction of sp³-hybridized carbons (Fsp3) is 0.529. The Morgan fingerprint density at radius 2 is 1.78 bits per heavy atom. The number of amides is 1. The van der Waals surface area contributed by atoms with E-state index in [4.69, 9.17) is 5.11 Å². The number of rotatable bonds is 6. The third-order valence-corrected chi connectivity index (χ3v) is 4.29. The quantitative estimate of drug-likeness (QED) is 0.790. The second-order valence-electron chi connectivity index (χ2n) is 6.02. The third kappa shape index (κ3) is 5.10. The van der Waals surface area contributed by atoms with E-state index in [1.807, 2.05) is 0 Å². The van der Waals surface area contributed by atoms with Crippen molar-refractivity contribution in [2.24, 2.45) is 5.92 Å². The summed E-state index contributed by atoms with van der Waals surface area (Å²) in [4.78, 5) is 23.8. The number of aliphatic hydroxyl groups is 1. The van der Waals surface area contributed by atoms with Gasteiger partial charge in [-0.05, 0) is 49.8 Å². The Bertz CT molecular complexity index is 569. The molecule has 1 amide bonds. The molecule has 1 saturated carbocycles. The van der Waals surface area contributed by atoms with Crippen LogP contribution in [0.25, 0.3) is 0 Å². The number of hydrogen-bond acceptors (Lipinski definition) is 3. The van der Waals surface area contributed by atoms with Gasteiger partial charge >= 0.3 is 0 Å². The Kier molecular flexibility index (Phi) is 6.21. The molecule has 0 spiro atoms. The van der Waals surface area contributed by atoms with Crippen LogP contribution in [0.1, 0.15) is 48.9 Å². The number of benzene rings is 1. The Labute approximate surface area is 133 Å². The molecule has 0 heterocycles. The predicted molar refractivity (Wildman–Crippen MR) is 80.9 cm³/mol. The molecule has 1 aliphatic rings. The minimum absolute atomic E-state index is 0.0256. The lowest BCUT2D eigenvalue weighted by Gasteiger charge is -2.27. The summed E-state index contributed by atoms with van der Waals surface area (Å²) in [6.07, 6.45) is 3.41. The molecule has 0 atom stereocenters. The largest absolute Gasteiger partial charge is 0.396 e. The number of carbonyl (C=O) groups excluding carboxylic acids is 2. The van der Waals surface area contributed by atoms with Crippen molar-refractivity contribution in [2.75, 3.05) is 6.61 Å². The van der Waals surface area contributed by atoms with E-state index in [9.17, 15) is 18.4 Å². The van der Waals surface area contributed by atoms with Crippen molar-refractivity contribution in [2.45, 2.75) is 44.6 Å². The lowest BCUT2D eigenvalue weighted by molar-refractivity contribution is -0.122. The van der Waals surface area contributed by atoms with Crippen LogP contribution < -0.4 is 5.32 Å². The molecule has 2 N–H and O–H groups in total. The van der Waals surface area contributed by atoms with Gasteiger partial charge in [-0.2, -0.15) is 0 Å². The van der Waals surface area contributed by atoms with E-state index in [2.05, 4.69) is 5.32 Å². The van der Waals surface area contributed by atoms with Crippen LogP contribution in [0.15, 0.2) is 18.2 Å². The molecule has 4 nitrogen and oxygen atoms in total. The highest BCUT2D eigenvalue weighted by molar-refractivity contribution is 5.97. The molecule has 0 aromatic heterocycles. The monoisotopic (exact) mass is 325 g/mol. The first-order chi connectivity index (χ1) is 11.0. The van der Waals surface area contributed by atoms with Crippen molar-refractivity contribution >= 4 is 11.7 Å². The minimum Gasteiger partial charge on any atom is -0.396 e. The Morgan fingerprint density at radius 3 is 2.39 bits per heavy atom. The van der Waals surface area contributed by atoms with E-state index in [1.54, 1.807) is 0 Å². The fourth-order valence-electron chi connectivity index (χ4n) is 2.83. The van der Waals surface area contributed by atoms with Crippen molar-refractivity contribution < 1.29 is 23.5 Å². The second-order valence-corrected chi connectivity index (χ2v) is 6.02. The summed E-state index contributed by atoms with van der Waals surface area (Å²) in [5.74, 6) is -2.35. The molecule has 1 aromatic rings. The van der Waals surface area contributed by atoms with Gasteiger partial charge in [0, 0.05) is 31.1 Å². The van der Waals surface area contributed by atoms with Crippen LogP contribution >= 0.6 is 0 Å². The van der Waals surface area contributed by atoms with Gasteiger partial charge < -0.3 is 10.4 Å². The number of aliphatic hydroxyl groups excluding tert-OH is 1. The smallest absolute Gasteiger partial charge is 0.220 e. The van der Waals surface area contributed by atoms with Crippen LogP contribution in [0.2, 0.25) is 0 Å². The van der Waals surface area contributed by atoms with Gasteiger partial charge in [-0.25, -0.2) is 8.78 Å². The van der Waals surface area contributed by atoms with E-state index in [-0.39, 0.29) is 42.7 Å². The normalized spacial score (nSPS) is 21.0. The van der Waals surface area contributed by atoms with Gasteiger partial charge in [-0.15, -0.1) is 0 Å². The molecule has 0 radical (unpaired) electrons. The summed E-state index contributed by atoms with van der Waals surface area (Å²) >= 11 is 0. The summed E-state index contributed by atoms with van der Waals surface area (Å²) < 4.78 is 25.9. The van der Waals surface area contributed by atoms with Crippen molar-refractivity contribution in [3.05, 3.63) is 35.4 Å². The molecule has 1 aromatic carbocycles. The highest BCUT2D eigenvalue weighted by atomic mass is 19.2. The molecular weight excluding hydrogens is 304 g/mol. The predicted octanol–water partition coefficient (Wildman–Crippen LogP) is 2.60. The molecule has 23 heavy (non-hydrogen) atoms. The maximum absolute atomic E-state index is 13.1. The van der Waals surface area contributed by atoms with Gasteiger partial charge in [0.2, 0.25) is 5.91 Å². The fourth-order valence-corrected chi connectivity index (χ4v) is 2.83. The zero-order chi connectivity index (χ0) is 16.8. The summed E-state index contributed by atoms with van der Waals surface area (Å²) in [5, 5.41) is 12.0. The summed E-state index contributed by atoms with van der Waals surface area (Å²) in [7, 11) is 0. The van der Waals surface area contributed by atoms with E-state index < -0.39 is 11.6 Å². The van der Waals surface area contributed by atoms with Gasteiger partial charge in [-0.1, -0.05) is 0 Å². The van der Waals surface area contributed by atoms with Crippen molar-refractivity contribution in [1.29, 1.82) is 0 Å². The number of halogens is 2.